The maximum absolute atomic E-state index is 5.86. The molecule has 0 heterocycles. The minimum atomic E-state index is 0.483. The summed E-state index contributed by atoms with van der Waals surface area (Å²) in [5.74, 6) is 0.483. The van der Waals surface area contributed by atoms with E-state index in [4.69, 9.17) is 10.5 Å². The van der Waals surface area contributed by atoms with E-state index in [2.05, 4.69) is 42.4 Å². The number of unbranched alkanes of at least 4 members (excludes halogenated alkanes) is 2. The summed E-state index contributed by atoms with van der Waals surface area (Å²) in [5, 5.41) is 3.13. The van der Waals surface area contributed by atoms with E-state index in [-0.39, 0.29) is 0 Å². The van der Waals surface area contributed by atoms with Crippen molar-refractivity contribution in [3.8, 4) is 0 Å². The summed E-state index contributed by atoms with van der Waals surface area (Å²) in [5.41, 5.74) is 9.29. The maximum Gasteiger partial charge on any atom is 0.193 e. The number of nitrogens with zero attached hydrogens (tertiary/aromatic N) is 1. The number of aryl methyl sites for hydroxylation is 2. The number of rotatable bonds is 7. The first-order valence-corrected chi connectivity index (χ1v) is 6.76. The molecule has 0 saturated heterocycles. The lowest BCUT2D eigenvalue weighted by molar-refractivity contribution is 0.192. The minimum Gasteiger partial charge on any atom is -0.385 e. The van der Waals surface area contributed by atoms with E-state index in [1.54, 1.807) is 7.11 Å². The van der Waals surface area contributed by atoms with Gasteiger partial charge in [0.25, 0.3) is 0 Å². The van der Waals surface area contributed by atoms with E-state index >= 15 is 0 Å². The number of nitrogens with two attached hydrogens (primary N) is 1. The van der Waals surface area contributed by atoms with E-state index in [0.29, 0.717) is 5.96 Å². The quantitative estimate of drug-likeness (QED) is 0.452. The number of methoxy groups -OCH3 is 1. The Morgan fingerprint density at radius 2 is 1.84 bits per heavy atom. The zero-order chi connectivity index (χ0) is 14.1. The van der Waals surface area contributed by atoms with Crippen molar-refractivity contribution in [2.75, 3.05) is 25.6 Å². The molecule has 1 aromatic rings. The zero-order valence-corrected chi connectivity index (χ0v) is 12.2. The first-order valence-electron chi connectivity index (χ1n) is 6.76. The topological polar surface area (TPSA) is 59.6 Å². The molecule has 0 amide bonds. The average Bonchev–Trinajstić information content (AvgIpc) is 2.32. The number of guanidine groups is 1. The molecule has 1 rings (SSSR count). The molecule has 0 radical (unpaired) electrons. The molecular formula is C15H25N3O. The average molecular weight is 263 g/mol. The fraction of sp³-hybridized carbons (Fsp3) is 0.533. The molecule has 0 aromatic heterocycles. The maximum atomic E-state index is 5.86. The second-order valence-corrected chi connectivity index (χ2v) is 4.82. The number of hydrogen-bond donors (Lipinski definition) is 2. The summed E-state index contributed by atoms with van der Waals surface area (Å²) in [6.07, 6.45) is 3.24. The molecular weight excluding hydrogens is 238 g/mol. The van der Waals surface area contributed by atoms with Gasteiger partial charge in [-0.15, -0.1) is 0 Å². The second-order valence-electron chi connectivity index (χ2n) is 4.82. The lowest BCUT2D eigenvalue weighted by Gasteiger charge is -2.08. The summed E-state index contributed by atoms with van der Waals surface area (Å²) in [6, 6.07) is 6.26. The molecule has 0 fully saturated rings. The van der Waals surface area contributed by atoms with Crippen molar-refractivity contribution in [3.05, 3.63) is 29.3 Å². The van der Waals surface area contributed by atoms with Gasteiger partial charge in [0.05, 0.1) is 0 Å². The van der Waals surface area contributed by atoms with Gasteiger partial charge in [0.1, 0.15) is 0 Å². The molecule has 0 spiro atoms. The fourth-order valence-electron chi connectivity index (χ4n) is 1.97. The second kappa shape index (κ2) is 8.53. The summed E-state index contributed by atoms with van der Waals surface area (Å²) >= 11 is 0. The van der Waals surface area contributed by atoms with E-state index in [1.807, 2.05) is 0 Å². The van der Waals surface area contributed by atoms with Crippen molar-refractivity contribution >= 4 is 11.6 Å². The summed E-state index contributed by atoms with van der Waals surface area (Å²) in [7, 11) is 1.73. The molecule has 0 aliphatic carbocycles. The SMILES string of the molecule is COCCCCCN=C(N)Nc1cc(C)cc(C)c1. The smallest absolute Gasteiger partial charge is 0.193 e. The Morgan fingerprint density at radius 3 is 2.47 bits per heavy atom. The van der Waals surface area contributed by atoms with Crippen LogP contribution in [0.3, 0.4) is 0 Å². The molecule has 3 N–H and O–H groups in total. The fourth-order valence-corrected chi connectivity index (χ4v) is 1.97. The van der Waals surface area contributed by atoms with E-state index in [0.717, 1.165) is 38.1 Å². The van der Waals surface area contributed by atoms with Gasteiger partial charge in [-0.25, -0.2) is 0 Å². The van der Waals surface area contributed by atoms with Gasteiger partial charge >= 0.3 is 0 Å². The third-order valence-corrected chi connectivity index (χ3v) is 2.78. The Labute approximate surface area is 116 Å². The monoisotopic (exact) mass is 263 g/mol. The van der Waals surface area contributed by atoms with Gasteiger partial charge in [0, 0.05) is 25.9 Å². The Balaban J connectivity index is 2.34. The molecule has 19 heavy (non-hydrogen) atoms. The van der Waals surface area contributed by atoms with Gasteiger partial charge in [-0.05, 0) is 56.4 Å². The molecule has 0 saturated carbocycles. The predicted molar refractivity (Wildman–Crippen MR) is 81.8 cm³/mol. The predicted octanol–water partition coefficient (Wildman–Crippen LogP) is 2.85. The van der Waals surface area contributed by atoms with Crippen molar-refractivity contribution < 1.29 is 4.74 Å². The highest BCUT2D eigenvalue weighted by molar-refractivity contribution is 5.92. The number of nitrogens with one attached hydrogen (secondary N) is 1. The lowest BCUT2D eigenvalue weighted by Crippen LogP contribution is -2.23. The van der Waals surface area contributed by atoms with Crippen LogP contribution in [0.15, 0.2) is 23.2 Å². The van der Waals surface area contributed by atoms with Crippen LogP contribution in [0.1, 0.15) is 30.4 Å². The normalized spacial score (nSPS) is 11.6. The molecule has 0 bridgehead atoms. The highest BCUT2D eigenvalue weighted by Crippen LogP contribution is 2.13. The van der Waals surface area contributed by atoms with Crippen LogP contribution >= 0.6 is 0 Å². The van der Waals surface area contributed by atoms with Crippen molar-refractivity contribution in [2.45, 2.75) is 33.1 Å². The largest absolute Gasteiger partial charge is 0.385 e. The van der Waals surface area contributed by atoms with Gasteiger partial charge in [-0.2, -0.15) is 0 Å². The van der Waals surface area contributed by atoms with Crippen molar-refractivity contribution in [2.24, 2.45) is 10.7 Å². The highest BCUT2D eigenvalue weighted by atomic mass is 16.5. The van der Waals surface area contributed by atoms with E-state index < -0.39 is 0 Å². The van der Waals surface area contributed by atoms with Crippen LogP contribution < -0.4 is 11.1 Å². The van der Waals surface area contributed by atoms with Crippen LogP contribution in [0.5, 0.6) is 0 Å². The van der Waals surface area contributed by atoms with Gasteiger partial charge in [0.15, 0.2) is 5.96 Å². The molecule has 4 heteroatoms. The molecule has 0 aliphatic heterocycles. The van der Waals surface area contributed by atoms with E-state index in [1.165, 1.54) is 11.1 Å². The third kappa shape index (κ3) is 6.82. The number of anilines is 1. The molecule has 0 atom stereocenters. The zero-order valence-electron chi connectivity index (χ0n) is 12.2. The van der Waals surface area contributed by atoms with Crippen molar-refractivity contribution in [3.63, 3.8) is 0 Å². The van der Waals surface area contributed by atoms with Crippen LogP contribution in [0, 0.1) is 13.8 Å². The summed E-state index contributed by atoms with van der Waals surface area (Å²) < 4.78 is 5.00. The van der Waals surface area contributed by atoms with Crippen LogP contribution in [0.4, 0.5) is 5.69 Å². The Morgan fingerprint density at radius 1 is 1.16 bits per heavy atom. The van der Waals surface area contributed by atoms with Gasteiger partial charge in [0.2, 0.25) is 0 Å². The number of ether oxygens (including phenoxy) is 1. The third-order valence-electron chi connectivity index (χ3n) is 2.78. The Hall–Kier alpha value is -1.55. The summed E-state index contributed by atoms with van der Waals surface area (Å²) in [6.45, 7) is 5.72. The van der Waals surface area contributed by atoms with Crippen molar-refractivity contribution in [1.82, 2.24) is 0 Å². The van der Waals surface area contributed by atoms with Crippen LogP contribution in [0.25, 0.3) is 0 Å². The number of benzene rings is 1. The molecule has 106 valence electrons. The van der Waals surface area contributed by atoms with Crippen LogP contribution in [0.2, 0.25) is 0 Å². The van der Waals surface area contributed by atoms with Crippen LogP contribution in [-0.2, 0) is 4.74 Å². The van der Waals surface area contributed by atoms with E-state index in [9.17, 15) is 0 Å². The Kier molecular flexibility index (Phi) is 6.97. The summed E-state index contributed by atoms with van der Waals surface area (Å²) in [4.78, 5) is 4.32. The van der Waals surface area contributed by atoms with Gasteiger partial charge in [-0.1, -0.05) is 6.07 Å². The minimum absolute atomic E-state index is 0.483. The lowest BCUT2D eigenvalue weighted by atomic mass is 10.1. The van der Waals surface area contributed by atoms with Gasteiger partial charge < -0.3 is 15.8 Å². The molecule has 1 aromatic carbocycles. The number of hydrogen-bond acceptors (Lipinski definition) is 2. The first kappa shape index (κ1) is 15.5. The van der Waals surface area contributed by atoms with Gasteiger partial charge in [-0.3, -0.25) is 4.99 Å². The Bertz CT molecular complexity index is 396. The molecule has 0 aliphatic rings. The molecule has 0 unspecified atom stereocenters. The van der Waals surface area contributed by atoms with Crippen LogP contribution in [-0.4, -0.2) is 26.2 Å². The first-order chi connectivity index (χ1) is 9.11. The number of aliphatic imine (C=N–C) groups is 1. The van der Waals surface area contributed by atoms with Crippen molar-refractivity contribution in [1.29, 1.82) is 0 Å². The molecule has 4 nitrogen and oxygen atoms in total. The highest BCUT2D eigenvalue weighted by Gasteiger charge is 1.97. The standard InChI is InChI=1S/C15H25N3O/c1-12-9-13(2)11-14(10-12)18-15(16)17-7-5-4-6-8-19-3/h9-11H,4-8H2,1-3H3,(H3,16,17,18).